The molecule has 62 valence electrons. The minimum atomic E-state index is -2.28. The van der Waals surface area contributed by atoms with E-state index in [1.54, 1.807) is 6.07 Å². The van der Waals surface area contributed by atoms with Crippen molar-refractivity contribution in [2.24, 2.45) is 0 Å². The fraction of sp³-hybridized carbons (Fsp3) is 0. The maximum absolute atomic E-state index is 10.5. The Hall–Kier alpha value is 0.300. The molecule has 0 aliphatic heterocycles. The van der Waals surface area contributed by atoms with E-state index in [1.165, 1.54) is 12.1 Å². The van der Waals surface area contributed by atoms with Gasteiger partial charge in [0.2, 0.25) is 0 Å². The second kappa shape index (κ2) is 5.91. The monoisotopic (exact) mass is 267 g/mol. The zero-order valence-electron chi connectivity index (χ0n) is 6.78. The molecule has 0 aliphatic carbocycles. The molecule has 1 rings (SSSR count). The van der Waals surface area contributed by atoms with Crippen molar-refractivity contribution >= 4 is 27.0 Å². The van der Waals surface area contributed by atoms with Gasteiger partial charge in [-0.2, -0.15) is 5.26 Å². The Morgan fingerprint density at radius 2 is 2.08 bits per heavy atom. The molecule has 0 bridgehead atoms. The fourth-order valence-electron chi connectivity index (χ4n) is 0.723. The van der Waals surface area contributed by atoms with Gasteiger partial charge >= 0.3 is 29.6 Å². The first-order chi connectivity index (χ1) is 5.63. The van der Waals surface area contributed by atoms with Crippen molar-refractivity contribution in [2.45, 2.75) is 4.90 Å². The van der Waals surface area contributed by atoms with Gasteiger partial charge < -0.3 is 4.55 Å². The molecule has 0 amide bonds. The van der Waals surface area contributed by atoms with Gasteiger partial charge in [0.1, 0.15) is 0 Å². The summed E-state index contributed by atoms with van der Waals surface area (Å²) in [6, 6.07) is 6.16. The van der Waals surface area contributed by atoms with Crippen molar-refractivity contribution in [1.29, 1.82) is 5.26 Å². The van der Waals surface area contributed by atoms with Gasteiger partial charge in [0.25, 0.3) is 0 Å². The van der Waals surface area contributed by atoms with Crippen LogP contribution in [0.25, 0.3) is 0 Å². The van der Waals surface area contributed by atoms with E-state index < -0.39 is 11.1 Å². The molecule has 13 heavy (non-hydrogen) atoms. The second-order valence-electron chi connectivity index (χ2n) is 2.02. The predicted molar refractivity (Wildman–Crippen MR) is 46.0 cm³/mol. The summed E-state index contributed by atoms with van der Waals surface area (Å²) < 4.78 is 21.6. The van der Waals surface area contributed by atoms with Gasteiger partial charge in [-0.15, -0.1) is 0 Å². The number of rotatable bonds is 1. The van der Waals surface area contributed by atoms with E-state index in [0.717, 1.165) is 0 Å². The average molecular weight is 268 g/mol. The Kier molecular flexibility index (Phi) is 6.05. The first-order valence-electron chi connectivity index (χ1n) is 2.93. The third-order valence-electron chi connectivity index (χ3n) is 1.19. The Balaban J connectivity index is 0.00000144. The number of hydrogen-bond donors (Lipinski definition) is 0. The van der Waals surface area contributed by atoms with Crippen molar-refractivity contribution in [1.82, 2.24) is 0 Å². The third kappa shape index (κ3) is 3.90. The average Bonchev–Trinajstić information content (AvgIpc) is 2.03. The summed E-state index contributed by atoms with van der Waals surface area (Å²) in [5.74, 6) is 0. The number of nitrogens with zero attached hydrogens (tertiary/aromatic N) is 1. The SMILES string of the molecule is N#Cc1cc(Br)cc(S(=O)[O-])c1.[Na+]. The largest absolute Gasteiger partial charge is 1.00 e. The molecule has 1 aromatic rings. The van der Waals surface area contributed by atoms with Crippen LogP contribution in [0.4, 0.5) is 0 Å². The Morgan fingerprint density at radius 1 is 1.46 bits per heavy atom. The van der Waals surface area contributed by atoms with Crippen LogP contribution in [0, 0.1) is 11.3 Å². The molecule has 0 saturated carbocycles. The molecule has 0 N–H and O–H groups in total. The Bertz CT molecular complexity index is 377. The molecular formula is C7H3BrNNaO2S. The molecule has 1 atom stereocenters. The zero-order valence-corrected chi connectivity index (χ0v) is 11.2. The zero-order chi connectivity index (χ0) is 9.14. The molecule has 3 nitrogen and oxygen atoms in total. The quantitative estimate of drug-likeness (QED) is 0.463. The number of nitriles is 1. The molecule has 0 radical (unpaired) electrons. The molecule has 0 aromatic heterocycles. The van der Waals surface area contributed by atoms with Crippen LogP contribution in [0.15, 0.2) is 27.6 Å². The standard InChI is InChI=1S/C7H4BrNO2S.Na/c8-6-1-5(4-9)2-7(3-6)12(10)11;/h1-3H,(H,10,11);/q;+1/p-1. The fourth-order valence-corrected chi connectivity index (χ4v) is 1.81. The van der Waals surface area contributed by atoms with Crippen molar-refractivity contribution in [2.75, 3.05) is 0 Å². The molecular weight excluding hydrogens is 265 g/mol. The van der Waals surface area contributed by atoms with E-state index in [-0.39, 0.29) is 34.5 Å². The van der Waals surface area contributed by atoms with Gasteiger partial charge in [0, 0.05) is 9.37 Å². The van der Waals surface area contributed by atoms with Crippen LogP contribution in [0.2, 0.25) is 0 Å². The second-order valence-corrected chi connectivity index (χ2v) is 3.88. The molecule has 1 aromatic carbocycles. The topological polar surface area (TPSA) is 63.9 Å². The predicted octanol–water partition coefficient (Wildman–Crippen LogP) is -1.44. The molecule has 0 heterocycles. The van der Waals surface area contributed by atoms with Gasteiger partial charge in [-0.3, -0.25) is 4.21 Å². The first-order valence-corrected chi connectivity index (χ1v) is 4.80. The van der Waals surface area contributed by atoms with Gasteiger partial charge in [-0.1, -0.05) is 15.9 Å². The van der Waals surface area contributed by atoms with Gasteiger partial charge in [0.15, 0.2) is 0 Å². The molecule has 0 fully saturated rings. The van der Waals surface area contributed by atoms with E-state index >= 15 is 0 Å². The number of benzene rings is 1. The van der Waals surface area contributed by atoms with Crippen molar-refractivity contribution in [3.8, 4) is 6.07 Å². The van der Waals surface area contributed by atoms with E-state index in [4.69, 9.17) is 5.26 Å². The molecule has 0 aliphatic rings. The molecule has 6 heteroatoms. The van der Waals surface area contributed by atoms with E-state index in [9.17, 15) is 8.76 Å². The normalized spacial score (nSPS) is 11.2. The Morgan fingerprint density at radius 3 is 2.54 bits per heavy atom. The molecule has 0 saturated heterocycles. The number of halogens is 1. The van der Waals surface area contributed by atoms with Crippen LogP contribution >= 0.6 is 15.9 Å². The number of hydrogen-bond acceptors (Lipinski definition) is 3. The Labute approximate surface area is 109 Å². The van der Waals surface area contributed by atoms with Crippen LogP contribution in [0.5, 0.6) is 0 Å². The molecule has 1 unspecified atom stereocenters. The first kappa shape index (κ1) is 13.3. The smallest absolute Gasteiger partial charge is 0.768 e. The minimum Gasteiger partial charge on any atom is -0.768 e. The van der Waals surface area contributed by atoms with Crippen molar-refractivity contribution in [3.63, 3.8) is 0 Å². The van der Waals surface area contributed by atoms with Gasteiger partial charge in [-0.05, 0) is 29.3 Å². The minimum absolute atomic E-state index is 0. The van der Waals surface area contributed by atoms with Gasteiger partial charge in [-0.25, -0.2) is 0 Å². The van der Waals surface area contributed by atoms with E-state index in [1.807, 2.05) is 6.07 Å². The van der Waals surface area contributed by atoms with Crippen LogP contribution in [0.3, 0.4) is 0 Å². The summed E-state index contributed by atoms with van der Waals surface area (Å²) in [6.07, 6.45) is 0. The summed E-state index contributed by atoms with van der Waals surface area (Å²) in [4.78, 5) is 0.112. The van der Waals surface area contributed by atoms with Crippen molar-refractivity contribution < 1.29 is 38.3 Å². The summed E-state index contributed by atoms with van der Waals surface area (Å²) >= 11 is 0.815. The summed E-state index contributed by atoms with van der Waals surface area (Å²) in [5, 5.41) is 8.50. The molecule has 0 spiro atoms. The summed E-state index contributed by atoms with van der Waals surface area (Å²) in [6.45, 7) is 0. The maximum Gasteiger partial charge on any atom is 1.00 e. The van der Waals surface area contributed by atoms with E-state index in [2.05, 4.69) is 15.9 Å². The van der Waals surface area contributed by atoms with Crippen LogP contribution in [-0.2, 0) is 11.1 Å². The van der Waals surface area contributed by atoms with E-state index in [0.29, 0.717) is 10.0 Å². The van der Waals surface area contributed by atoms with Crippen LogP contribution in [-0.4, -0.2) is 8.76 Å². The van der Waals surface area contributed by atoms with Crippen LogP contribution in [0.1, 0.15) is 5.56 Å². The third-order valence-corrected chi connectivity index (χ3v) is 2.27. The summed E-state index contributed by atoms with van der Waals surface area (Å²) in [5.41, 5.74) is 0.323. The summed E-state index contributed by atoms with van der Waals surface area (Å²) in [7, 11) is 0. The maximum atomic E-state index is 10.5. The van der Waals surface area contributed by atoms with Crippen LogP contribution < -0.4 is 29.6 Å². The van der Waals surface area contributed by atoms with Crippen molar-refractivity contribution in [3.05, 3.63) is 28.2 Å². The van der Waals surface area contributed by atoms with Gasteiger partial charge in [0.05, 0.1) is 11.6 Å².